The summed E-state index contributed by atoms with van der Waals surface area (Å²) in [5.41, 5.74) is 0.920. The number of hydrogen-bond donors (Lipinski definition) is 0. The van der Waals surface area contributed by atoms with Crippen LogP contribution in [0.5, 0.6) is 0 Å². The molecular weight excluding hydrogens is 324 g/mol. The Morgan fingerprint density at radius 2 is 2.04 bits per heavy atom. The summed E-state index contributed by atoms with van der Waals surface area (Å²) in [5.74, 6) is -1.50. The van der Waals surface area contributed by atoms with E-state index in [1.54, 1.807) is 36.0 Å². The number of ketones is 1. The third-order valence-corrected chi connectivity index (χ3v) is 5.27. The van der Waals surface area contributed by atoms with Gasteiger partial charge in [0.05, 0.1) is 12.2 Å². The fourth-order valence-corrected chi connectivity index (χ4v) is 3.01. The van der Waals surface area contributed by atoms with Crippen LogP contribution in [0.1, 0.15) is 17.3 Å². The molecule has 0 bridgehead atoms. The van der Waals surface area contributed by atoms with Crippen LogP contribution in [0.3, 0.4) is 0 Å². The third-order valence-electron chi connectivity index (χ3n) is 3.57. The van der Waals surface area contributed by atoms with E-state index >= 15 is 0 Å². The first kappa shape index (κ1) is 18.3. The Bertz CT molecular complexity index is 734. The molecule has 0 aliphatic heterocycles. The fourth-order valence-electron chi connectivity index (χ4n) is 2.25. The van der Waals surface area contributed by atoms with Crippen molar-refractivity contribution in [3.8, 4) is 0 Å². The normalized spacial score (nSPS) is 11.7. The van der Waals surface area contributed by atoms with Gasteiger partial charge in [-0.1, -0.05) is 19.6 Å². The molecule has 2 aromatic rings. The Kier molecular flexibility index (Phi) is 5.90. The molecule has 2 heterocycles. The molecule has 0 fully saturated rings. The van der Waals surface area contributed by atoms with Gasteiger partial charge < -0.3 is 14.0 Å². The summed E-state index contributed by atoms with van der Waals surface area (Å²) in [7, 11) is -1.15. The van der Waals surface area contributed by atoms with E-state index in [4.69, 9.17) is 9.47 Å². The van der Waals surface area contributed by atoms with Crippen LogP contribution in [0, 0.1) is 0 Å². The molecule has 7 heteroatoms. The zero-order valence-electron chi connectivity index (χ0n) is 14.7. The molecular formula is C17H24N2O4Si. The monoisotopic (exact) mass is 348 g/mol. The second kappa shape index (κ2) is 7.72. The van der Waals surface area contributed by atoms with E-state index in [1.807, 2.05) is 0 Å². The molecule has 24 heavy (non-hydrogen) atoms. The van der Waals surface area contributed by atoms with Gasteiger partial charge in [-0.15, -0.1) is 0 Å². The number of carbonyl (C=O) groups is 2. The van der Waals surface area contributed by atoms with Crippen LogP contribution in [-0.2, 0) is 21.0 Å². The van der Waals surface area contributed by atoms with Crippen LogP contribution in [0.25, 0.3) is 11.0 Å². The summed E-state index contributed by atoms with van der Waals surface area (Å²) in [6.45, 7) is 9.68. The maximum Gasteiger partial charge on any atom is 0.379 e. The summed E-state index contributed by atoms with van der Waals surface area (Å²) < 4.78 is 12.3. The Hall–Kier alpha value is -1.99. The van der Waals surface area contributed by atoms with Crippen molar-refractivity contribution < 1.29 is 19.1 Å². The molecule has 0 aliphatic carbocycles. The van der Waals surface area contributed by atoms with Gasteiger partial charge >= 0.3 is 5.97 Å². The van der Waals surface area contributed by atoms with Crippen molar-refractivity contribution in [3.05, 3.63) is 30.1 Å². The second-order valence-electron chi connectivity index (χ2n) is 6.78. The number of Topliss-reactive ketones (excluding diaryl/α,β-unsaturated/α-hetero) is 1. The highest BCUT2D eigenvalue weighted by Crippen LogP contribution is 2.20. The van der Waals surface area contributed by atoms with Crippen LogP contribution in [0.4, 0.5) is 0 Å². The third kappa shape index (κ3) is 4.52. The quantitative estimate of drug-likeness (QED) is 0.241. The molecule has 0 radical (unpaired) electrons. The number of nitrogens with zero attached hydrogens (tertiary/aromatic N) is 2. The maximum atomic E-state index is 12.3. The van der Waals surface area contributed by atoms with E-state index in [0.29, 0.717) is 29.9 Å². The van der Waals surface area contributed by atoms with Crippen molar-refractivity contribution in [1.82, 2.24) is 9.55 Å². The van der Waals surface area contributed by atoms with E-state index in [0.717, 1.165) is 6.04 Å². The van der Waals surface area contributed by atoms with Gasteiger partial charge in [0.1, 0.15) is 12.4 Å². The molecule has 130 valence electrons. The molecule has 6 nitrogen and oxygen atoms in total. The summed E-state index contributed by atoms with van der Waals surface area (Å²) >= 11 is 0. The van der Waals surface area contributed by atoms with E-state index in [9.17, 15) is 9.59 Å². The topological polar surface area (TPSA) is 70.4 Å². The molecule has 0 saturated heterocycles. The molecule has 0 saturated carbocycles. The molecule has 0 aliphatic rings. The minimum absolute atomic E-state index is 0.168. The largest absolute Gasteiger partial charge is 0.460 e. The predicted octanol–water partition coefficient (Wildman–Crippen LogP) is 3.09. The first-order valence-corrected chi connectivity index (χ1v) is 11.8. The molecule has 0 N–H and O–H groups in total. The number of esters is 1. The van der Waals surface area contributed by atoms with Crippen LogP contribution in [-0.4, -0.2) is 42.6 Å². The molecule has 2 rings (SSSR count). The number of aromatic nitrogens is 2. The van der Waals surface area contributed by atoms with E-state index in [1.165, 1.54) is 0 Å². The van der Waals surface area contributed by atoms with Gasteiger partial charge in [0.25, 0.3) is 5.78 Å². The number of ether oxygens (including phenoxy) is 2. The van der Waals surface area contributed by atoms with Gasteiger partial charge in [0.15, 0.2) is 0 Å². The highest BCUT2D eigenvalue weighted by Gasteiger charge is 2.23. The lowest BCUT2D eigenvalue weighted by Crippen LogP contribution is -2.22. The Morgan fingerprint density at radius 1 is 1.29 bits per heavy atom. The molecule has 2 aromatic heterocycles. The number of hydrogen-bond acceptors (Lipinski definition) is 5. The summed E-state index contributed by atoms with van der Waals surface area (Å²) in [5, 5.41) is 0.629. The molecule has 0 unspecified atom stereocenters. The van der Waals surface area contributed by atoms with Crippen molar-refractivity contribution in [1.29, 1.82) is 0 Å². The fraction of sp³-hybridized carbons (Fsp3) is 0.471. The van der Waals surface area contributed by atoms with Crippen molar-refractivity contribution in [2.24, 2.45) is 0 Å². The van der Waals surface area contributed by atoms with Gasteiger partial charge in [-0.2, -0.15) is 0 Å². The minimum Gasteiger partial charge on any atom is -0.460 e. The van der Waals surface area contributed by atoms with Gasteiger partial charge in [0, 0.05) is 32.5 Å². The zero-order valence-corrected chi connectivity index (χ0v) is 15.7. The van der Waals surface area contributed by atoms with Gasteiger partial charge in [-0.3, -0.25) is 4.79 Å². The van der Waals surface area contributed by atoms with Gasteiger partial charge in [-0.05, 0) is 25.1 Å². The first-order valence-electron chi connectivity index (χ1n) is 8.06. The van der Waals surface area contributed by atoms with Crippen molar-refractivity contribution >= 4 is 30.9 Å². The highest BCUT2D eigenvalue weighted by atomic mass is 28.3. The van der Waals surface area contributed by atoms with Crippen molar-refractivity contribution in [2.45, 2.75) is 39.3 Å². The van der Waals surface area contributed by atoms with Gasteiger partial charge in [-0.25, -0.2) is 9.78 Å². The Labute approximate surface area is 142 Å². The predicted molar refractivity (Wildman–Crippen MR) is 94.8 cm³/mol. The Balaban J connectivity index is 2.19. The summed E-state index contributed by atoms with van der Waals surface area (Å²) in [6, 6.07) is 4.57. The van der Waals surface area contributed by atoms with Crippen LogP contribution >= 0.6 is 0 Å². The average molecular weight is 348 g/mol. The maximum absolute atomic E-state index is 12.3. The van der Waals surface area contributed by atoms with E-state index in [-0.39, 0.29) is 6.61 Å². The molecule has 0 atom stereocenters. The van der Waals surface area contributed by atoms with Crippen LogP contribution in [0.2, 0.25) is 25.7 Å². The standard InChI is InChI=1S/C17H24N2O4Si/c1-5-23-17(21)15(20)14-11-19(12-22-9-10-24(2,3)4)16-13(14)7-6-8-18-16/h6-8,11H,5,9-10,12H2,1-4H3. The van der Waals surface area contributed by atoms with Crippen LogP contribution in [0.15, 0.2) is 24.5 Å². The summed E-state index contributed by atoms with van der Waals surface area (Å²) in [4.78, 5) is 28.3. The molecule has 0 aromatic carbocycles. The lowest BCUT2D eigenvalue weighted by atomic mass is 10.1. The molecule has 0 amide bonds. The molecule has 0 spiro atoms. The summed E-state index contributed by atoms with van der Waals surface area (Å²) in [6.07, 6.45) is 3.27. The lowest BCUT2D eigenvalue weighted by Gasteiger charge is -2.15. The number of rotatable bonds is 8. The van der Waals surface area contributed by atoms with Crippen molar-refractivity contribution in [3.63, 3.8) is 0 Å². The highest BCUT2D eigenvalue weighted by molar-refractivity contribution is 6.76. The second-order valence-corrected chi connectivity index (χ2v) is 12.4. The van der Waals surface area contributed by atoms with Crippen molar-refractivity contribution in [2.75, 3.05) is 13.2 Å². The number of carbonyl (C=O) groups excluding carboxylic acids is 2. The average Bonchev–Trinajstić information content (AvgIpc) is 2.89. The van der Waals surface area contributed by atoms with Gasteiger partial charge in [0.2, 0.25) is 0 Å². The Morgan fingerprint density at radius 3 is 2.71 bits per heavy atom. The first-order chi connectivity index (χ1) is 11.3. The lowest BCUT2D eigenvalue weighted by molar-refractivity contribution is -0.137. The minimum atomic E-state index is -1.15. The smallest absolute Gasteiger partial charge is 0.379 e. The zero-order chi connectivity index (χ0) is 17.7. The van der Waals surface area contributed by atoms with E-state index in [2.05, 4.69) is 24.6 Å². The number of pyridine rings is 1. The number of fused-ring (bicyclic) bond motifs is 1. The van der Waals surface area contributed by atoms with Crippen LogP contribution < -0.4 is 0 Å². The SMILES string of the molecule is CCOC(=O)C(=O)c1cn(COCC[Si](C)(C)C)c2ncccc12. The van der Waals surface area contributed by atoms with E-state index < -0.39 is 19.8 Å².